The Balaban J connectivity index is 1.50. The second-order valence-electron chi connectivity index (χ2n) is 7.33. The van der Waals surface area contributed by atoms with Crippen LogP contribution in [0.5, 0.6) is 0 Å². The molecule has 154 valence electrons. The van der Waals surface area contributed by atoms with Crippen LogP contribution in [0.3, 0.4) is 0 Å². The third kappa shape index (κ3) is 5.65. The highest BCUT2D eigenvalue weighted by molar-refractivity contribution is 8.00. The van der Waals surface area contributed by atoms with Gasteiger partial charge in [0.05, 0.1) is 17.0 Å². The molecule has 0 aliphatic rings. The molecule has 3 heteroatoms. The van der Waals surface area contributed by atoms with Gasteiger partial charge < -0.3 is 5.32 Å². The highest BCUT2D eigenvalue weighted by atomic mass is 32.2. The molecule has 0 radical (unpaired) electrons. The van der Waals surface area contributed by atoms with Crippen LogP contribution in [-0.4, -0.2) is 11.7 Å². The summed E-state index contributed by atoms with van der Waals surface area (Å²) in [4.78, 5) is 13.0. The molecule has 0 aliphatic carbocycles. The topological polar surface area (TPSA) is 29.1 Å². The van der Waals surface area contributed by atoms with Crippen LogP contribution in [0, 0.1) is 0 Å². The Morgan fingerprint density at radius 2 is 0.935 bits per heavy atom. The minimum absolute atomic E-state index is 0.0274. The van der Waals surface area contributed by atoms with Crippen molar-refractivity contribution in [3.63, 3.8) is 0 Å². The van der Waals surface area contributed by atoms with Crippen molar-refractivity contribution in [2.45, 2.75) is 11.3 Å². The molecule has 2 nitrogen and oxygen atoms in total. The Hall–Kier alpha value is -3.30. The molecular formula is C28H25NOS. The molecule has 0 fully saturated rings. The van der Waals surface area contributed by atoms with Crippen LogP contribution < -0.4 is 5.32 Å². The van der Waals surface area contributed by atoms with E-state index < -0.39 is 0 Å². The first-order valence-corrected chi connectivity index (χ1v) is 11.5. The van der Waals surface area contributed by atoms with Gasteiger partial charge in [-0.2, -0.15) is 0 Å². The van der Waals surface area contributed by atoms with Gasteiger partial charge >= 0.3 is 0 Å². The molecule has 0 atom stereocenters. The monoisotopic (exact) mass is 423 g/mol. The number of carbonyl (C=O) groups excluding carboxylic acids is 1. The van der Waals surface area contributed by atoms with Crippen molar-refractivity contribution in [2.75, 3.05) is 5.75 Å². The van der Waals surface area contributed by atoms with Gasteiger partial charge in [-0.3, -0.25) is 4.79 Å². The van der Waals surface area contributed by atoms with Gasteiger partial charge in [-0.1, -0.05) is 121 Å². The second kappa shape index (κ2) is 10.6. The van der Waals surface area contributed by atoms with Crippen LogP contribution in [0.15, 0.2) is 121 Å². The van der Waals surface area contributed by atoms with E-state index in [1.165, 1.54) is 11.1 Å². The van der Waals surface area contributed by atoms with Crippen LogP contribution in [0.2, 0.25) is 0 Å². The normalized spacial score (nSPS) is 10.9. The van der Waals surface area contributed by atoms with Crippen LogP contribution >= 0.6 is 11.8 Å². The number of carbonyl (C=O) groups is 1. The minimum Gasteiger partial charge on any atom is -0.344 e. The van der Waals surface area contributed by atoms with Crippen molar-refractivity contribution < 1.29 is 4.79 Å². The second-order valence-corrected chi connectivity index (χ2v) is 8.43. The molecule has 4 aromatic rings. The largest absolute Gasteiger partial charge is 0.344 e. The summed E-state index contributed by atoms with van der Waals surface area (Å²) in [6.45, 7) is 0. The predicted molar refractivity (Wildman–Crippen MR) is 130 cm³/mol. The molecule has 0 bridgehead atoms. The van der Waals surface area contributed by atoms with Gasteiger partial charge in [0, 0.05) is 0 Å². The number of amides is 1. The Morgan fingerprint density at radius 1 is 0.581 bits per heavy atom. The van der Waals surface area contributed by atoms with Crippen LogP contribution in [-0.2, 0) is 4.79 Å². The number of hydrogen-bond acceptors (Lipinski definition) is 2. The van der Waals surface area contributed by atoms with Gasteiger partial charge in [-0.05, 0) is 22.3 Å². The molecule has 4 rings (SSSR count). The molecule has 0 saturated heterocycles. The predicted octanol–water partition coefficient (Wildman–Crippen LogP) is 6.42. The molecule has 31 heavy (non-hydrogen) atoms. The van der Waals surface area contributed by atoms with E-state index in [9.17, 15) is 4.79 Å². The van der Waals surface area contributed by atoms with Gasteiger partial charge in [-0.25, -0.2) is 0 Å². The zero-order chi connectivity index (χ0) is 21.3. The standard InChI is InChI=1S/C28H25NOS/c30-26(29-27(22-13-5-1-6-14-22)23-15-7-2-8-16-23)21-31-28(24-17-9-3-10-18-24)25-19-11-4-12-20-25/h1-20,27-28H,21H2,(H,29,30). The smallest absolute Gasteiger partial charge is 0.230 e. The molecule has 0 aliphatic heterocycles. The number of hydrogen-bond donors (Lipinski definition) is 1. The minimum atomic E-state index is -0.164. The van der Waals surface area contributed by atoms with E-state index in [-0.39, 0.29) is 17.2 Å². The van der Waals surface area contributed by atoms with Crippen molar-refractivity contribution in [3.05, 3.63) is 144 Å². The summed E-state index contributed by atoms with van der Waals surface area (Å²) in [7, 11) is 0. The lowest BCUT2D eigenvalue weighted by atomic mass is 9.99. The lowest BCUT2D eigenvalue weighted by Crippen LogP contribution is -2.31. The maximum Gasteiger partial charge on any atom is 0.230 e. The molecule has 0 spiro atoms. The summed E-state index contributed by atoms with van der Waals surface area (Å²) in [5.41, 5.74) is 4.56. The van der Waals surface area contributed by atoms with Gasteiger partial charge in [-0.15, -0.1) is 11.8 Å². The van der Waals surface area contributed by atoms with Crippen molar-refractivity contribution in [3.8, 4) is 0 Å². The van der Waals surface area contributed by atoms with Crippen molar-refractivity contribution in [2.24, 2.45) is 0 Å². The highest BCUT2D eigenvalue weighted by Gasteiger charge is 2.20. The summed E-state index contributed by atoms with van der Waals surface area (Å²) in [6, 6.07) is 40.8. The zero-order valence-corrected chi connectivity index (χ0v) is 18.0. The first-order chi connectivity index (χ1) is 15.3. The molecule has 0 heterocycles. The van der Waals surface area contributed by atoms with Crippen LogP contribution in [0.1, 0.15) is 33.5 Å². The number of benzene rings is 4. The molecular weight excluding hydrogens is 398 g/mol. The zero-order valence-electron chi connectivity index (χ0n) is 17.2. The molecule has 0 saturated carbocycles. The van der Waals surface area contributed by atoms with Crippen molar-refractivity contribution in [1.82, 2.24) is 5.32 Å². The van der Waals surface area contributed by atoms with E-state index in [2.05, 4.69) is 53.8 Å². The van der Waals surface area contributed by atoms with Gasteiger partial charge in [0.1, 0.15) is 0 Å². The Bertz CT molecular complexity index is 990. The third-order valence-corrected chi connectivity index (χ3v) is 6.46. The SMILES string of the molecule is O=C(CSC(c1ccccc1)c1ccccc1)NC(c1ccccc1)c1ccccc1. The average Bonchev–Trinajstić information content (AvgIpc) is 2.85. The van der Waals surface area contributed by atoms with Crippen molar-refractivity contribution in [1.29, 1.82) is 0 Å². The molecule has 0 aromatic heterocycles. The number of rotatable bonds is 8. The Morgan fingerprint density at radius 3 is 1.32 bits per heavy atom. The lowest BCUT2D eigenvalue weighted by molar-refractivity contribution is -0.119. The lowest BCUT2D eigenvalue weighted by Gasteiger charge is -2.21. The van der Waals surface area contributed by atoms with Gasteiger partial charge in [0.15, 0.2) is 0 Å². The number of thioether (sulfide) groups is 1. The van der Waals surface area contributed by atoms with E-state index in [1.54, 1.807) is 11.8 Å². The highest BCUT2D eigenvalue weighted by Crippen LogP contribution is 2.35. The van der Waals surface area contributed by atoms with Gasteiger partial charge in [0.2, 0.25) is 5.91 Å². The maximum atomic E-state index is 13.0. The quantitative estimate of drug-likeness (QED) is 0.354. The first kappa shape index (κ1) is 21.0. The van der Waals surface area contributed by atoms with Crippen LogP contribution in [0.25, 0.3) is 0 Å². The molecule has 1 amide bonds. The Labute approximate surface area is 188 Å². The van der Waals surface area contributed by atoms with Gasteiger partial charge in [0.25, 0.3) is 0 Å². The summed E-state index contributed by atoms with van der Waals surface area (Å²) in [6.07, 6.45) is 0. The number of nitrogens with one attached hydrogen (secondary N) is 1. The van der Waals surface area contributed by atoms with E-state index >= 15 is 0 Å². The summed E-state index contributed by atoms with van der Waals surface area (Å²) < 4.78 is 0. The van der Waals surface area contributed by atoms with E-state index in [0.29, 0.717) is 5.75 Å². The van der Waals surface area contributed by atoms with Crippen molar-refractivity contribution >= 4 is 17.7 Å². The molecule has 0 unspecified atom stereocenters. The fraction of sp³-hybridized carbons (Fsp3) is 0.107. The van der Waals surface area contributed by atoms with E-state index in [4.69, 9.17) is 0 Å². The van der Waals surface area contributed by atoms with E-state index in [1.807, 2.05) is 72.8 Å². The summed E-state index contributed by atoms with van der Waals surface area (Å²) >= 11 is 1.66. The fourth-order valence-electron chi connectivity index (χ4n) is 3.65. The summed E-state index contributed by atoms with van der Waals surface area (Å²) in [5.74, 6) is 0.407. The van der Waals surface area contributed by atoms with E-state index in [0.717, 1.165) is 11.1 Å². The average molecular weight is 424 g/mol. The van der Waals surface area contributed by atoms with Crippen LogP contribution in [0.4, 0.5) is 0 Å². The Kier molecular flexibility index (Phi) is 7.20. The maximum absolute atomic E-state index is 13.0. The molecule has 4 aromatic carbocycles. The first-order valence-electron chi connectivity index (χ1n) is 10.4. The molecule has 1 N–H and O–H groups in total. The fourth-order valence-corrected chi connectivity index (χ4v) is 4.75. The third-order valence-electron chi connectivity index (χ3n) is 5.16. The summed E-state index contributed by atoms with van der Waals surface area (Å²) in [5, 5.41) is 3.36.